The molecule has 0 radical (unpaired) electrons. The van der Waals surface area contributed by atoms with Gasteiger partial charge in [-0.3, -0.25) is 9.79 Å². The summed E-state index contributed by atoms with van der Waals surface area (Å²) < 4.78 is 13.1. The van der Waals surface area contributed by atoms with Gasteiger partial charge in [-0.25, -0.2) is 4.39 Å². The molecule has 3 rings (SSSR count). The average molecular weight is 369 g/mol. The maximum absolute atomic E-state index is 13.1. The minimum atomic E-state index is -0.432. The molecule has 3 N–H and O–H groups in total. The fourth-order valence-corrected chi connectivity index (χ4v) is 3.18. The predicted molar refractivity (Wildman–Crippen MR) is 105 cm³/mol. The smallest absolute Gasteiger partial charge is 0.248 e. The Labute approximate surface area is 158 Å². The number of carbonyl (C=O) groups is 1. The zero-order valence-corrected chi connectivity index (χ0v) is 15.4. The van der Waals surface area contributed by atoms with Crippen molar-refractivity contribution in [1.29, 1.82) is 0 Å². The minimum absolute atomic E-state index is 0.220. The molecule has 0 unspecified atom stereocenters. The lowest BCUT2D eigenvalue weighted by Crippen LogP contribution is -2.52. The number of halogens is 1. The summed E-state index contributed by atoms with van der Waals surface area (Å²) in [6.45, 7) is 3.87. The number of amides is 1. The average Bonchev–Trinajstić information content (AvgIpc) is 2.70. The second-order valence-corrected chi connectivity index (χ2v) is 6.42. The van der Waals surface area contributed by atoms with E-state index in [2.05, 4.69) is 20.1 Å². The van der Waals surface area contributed by atoms with Crippen LogP contribution in [0.25, 0.3) is 0 Å². The predicted octanol–water partition coefficient (Wildman–Crippen LogP) is 1.82. The van der Waals surface area contributed by atoms with Crippen molar-refractivity contribution in [2.45, 2.75) is 6.54 Å². The zero-order chi connectivity index (χ0) is 19.2. The van der Waals surface area contributed by atoms with Gasteiger partial charge >= 0.3 is 0 Å². The largest absolute Gasteiger partial charge is 0.368 e. The van der Waals surface area contributed by atoms with Gasteiger partial charge in [0.2, 0.25) is 5.91 Å². The van der Waals surface area contributed by atoms with Crippen molar-refractivity contribution in [3.63, 3.8) is 0 Å². The Hall–Kier alpha value is -3.09. The molecule has 0 spiro atoms. The third-order valence-corrected chi connectivity index (χ3v) is 4.64. The number of aliphatic imine (C=N–C) groups is 1. The molecule has 0 atom stereocenters. The molecule has 1 saturated heterocycles. The van der Waals surface area contributed by atoms with Crippen LogP contribution in [-0.4, -0.2) is 50.0 Å². The number of benzene rings is 2. The van der Waals surface area contributed by atoms with E-state index in [4.69, 9.17) is 5.73 Å². The Morgan fingerprint density at radius 2 is 1.85 bits per heavy atom. The number of nitrogens with one attached hydrogen (secondary N) is 1. The summed E-state index contributed by atoms with van der Waals surface area (Å²) >= 11 is 0. The van der Waals surface area contributed by atoms with Crippen LogP contribution in [0.1, 0.15) is 15.9 Å². The number of rotatable bonds is 4. The lowest BCUT2D eigenvalue weighted by atomic mass is 10.1. The Morgan fingerprint density at radius 3 is 2.48 bits per heavy atom. The van der Waals surface area contributed by atoms with Crippen LogP contribution in [0.4, 0.5) is 10.1 Å². The van der Waals surface area contributed by atoms with E-state index in [0.717, 1.165) is 43.4 Å². The molecule has 1 fully saturated rings. The monoisotopic (exact) mass is 369 g/mol. The standard InChI is InChI=1S/C20H24FN5O/c1-23-20(24-14-15-3-2-4-16(13-15)19(22)27)26-11-9-25(10-12-26)18-7-5-17(21)6-8-18/h2-8,13H,9-12,14H2,1H3,(H2,22,27)(H,23,24). The summed E-state index contributed by atoms with van der Waals surface area (Å²) in [4.78, 5) is 20.1. The first-order valence-electron chi connectivity index (χ1n) is 8.91. The van der Waals surface area contributed by atoms with Crippen LogP contribution >= 0.6 is 0 Å². The molecule has 6 nitrogen and oxygen atoms in total. The molecular weight excluding hydrogens is 345 g/mol. The van der Waals surface area contributed by atoms with E-state index in [0.29, 0.717) is 12.1 Å². The fraction of sp³-hybridized carbons (Fsp3) is 0.300. The molecule has 1 aliphatic rings. The molecule has 7 heteroatoms. The van der Waals surface area contributed by atoms with Crippen LogP contribution in [0, 0.1) is 5.82 Å². The number of carbonyl (C=O) groups excluding carboxylic acids is 1. The number of anilines is 1. The summed E-state index contributed by atoms with van der Waals surface area (Å²) in [6.07, 6.45) is 0. The number of primary amides is 1. The van der Waals surface area contributed by atoms with Gasteiger partial charge in [0.05, 0.1) is 0 Å². The summed E-state index contributed by atoms with van der Waals surface area (Å²) in [5.74, 6) is 0.166. The molecule has 142 valence electrons. The number of guanidine groups is 1. The molecule has 0 aliphatic carbocycles. The first-order chi connectivity index (χ1) is 13.1. The van der Waals surface area contributed by atoms with E-state index in [1.807, 2.05) is 24.3 Å². The van der Waals surface area contributed by atoms with Gasteiger partial charge in [0, 0.05) is 51.0 Å². The van der Waals surface area contributed by atoms with Crippen molar-refractivity contribution >= 4 is 17.6 Å². The van der Waals surface area contributed by atoms with Gasteiger partial charge in [-0.15, -0.1) is 0 Å². The highest BCUT2D eigenvalue weighted by Gasteiger charge is 2.19. The van der Waals surface area contributed by atoms with Gasteiger partial charge < -0.3 is 20.9 Å². The van der Waals surface area contributed by atoms with Gasteiger partial charge in [-0.2, -0.15) is 0 Å². The molecule has 0 bridgehead atoms. The molecule has 2 aromatic carbocycles. The Balaban J connectivity index is 1.55. The maximum atomic E-state index is 13.1. The highest BCUT2D eigenvalue weighted by Crippen LogP contribution is 2.17. The van der Waals surface area contributed by atoms with E-state index in [1.54, 1.807) is 19.2 Å². The molecule has 0 saturated carbocycles. The Kier molecular flexibility index (Phi) is 5.90. The number of hydrogen-bond donors (Lipinski definition) is 2. The second kappa shape index (κ2) is 8.53. The SMILES string of the molecule is CN=C(NCc1cccc(C(N)=O)c1)N1CCN(c2ccc(F)cc2)CC1. The normalized spacial score (nSPS) is 15.0. The molecule has 1 heterocycles. The van der Waals surface area contributed by atoms with Crippen molar-refractivity contribution < 1.29 is 9.18 Å². The quantitative estimate of drug-likeness (QED) is 0.637. The molecule has 1 amide bonds. The van der Waals surface area contributed by atoms with Crippen LogP contribution in [-0.2, 0) is 6.54 Å². The Bertz CT molecular complexity index is 813. The lowest BCUT2D eigenvalue weighted by Gasteiger charge is -2.37. The summed E-state index contributed by atoms with van der Waals surface area (Å²) in [5, 5.41) is 3.34. The van der Waals surface area contributed by atoms with E-state index in [1.165, 1.54) is 12.1 Å². The third kappa shape index (κ3) is 4.75. The van der Waals surface area contributed by atoms with Crippen LogP contribution in [0.5, 0.6) is 0 Å². The Morgan fingerprint density at radius 1 is 1.15 bits per heavy atom. The van der Waals surface area contributed by atoms with Crippen molar-refractivity contribution in [2.24, 2.45) is 10.7 Å². The van der Waals surface area contributed by atoms with E-state index in [9.17, 15) is 9.18 Å². The van der Waals surface area contributed by atoms with Crippen LogP contribution < -0.4 is 16.0 Å². The van der Waals surface area contributed by atoms with Crippen LogP contribution in [0.3, 0.4) is 0 Å². The van der Waals surface area contributed by atoms with Gasteiger partial charge in [0.25, 0.3) is 0 Å². The maximum Gasteiger partial charge on any atom is 0.248 e. The minimum Gasteiger partial charge on any atom is -0.368 e. The molecule has 0 aromatic heterocycles. The topological polar surface area (TPSA) is 74.0 Å². The molecule has 1 aliphatic heterocycles. The van der Waals surface area contributed by atoms with Crippen molar-refractivity contribution in [3.8, 4) is 0 Å². The number of nitrogens with two attached hydrogens (primary N) is 1. The van der Waals surface area contributed by atoms with Crippen molar-refractivity contribution in [3.05, 3.63) is 65.5 Å². The van der Waals surface area contributed by atoms with Gasteiger partial charge in [-0.1, -0.05) is 12.1 Å². The highest BCUT2D eigenvalue weighted by molar-refractivity contribution is 5.92. The lowest BCUT2D eigenvalue weighted by molar-refractivity contribution is 0.1000. The van der Waals surface area contributed by atoms with E-state index in [-0.39, 0.29) is 5.82 Å². The highest BCUT2D eigenvalue weighted by atomic mass is 19.1. The van der Waals surface area contributed by atoms with Gasteiger partial charge in [0.15, 0.2) is 5.96 Å². The first-order valence-corrected chi connectivity index (χ1v) is 8.91. The number of hydrogen-bond acceptors (Lipinski definition) is 3. The van der Waals surface area contributed by atoms with Crippen LogP contribution in [0.2, 0.25) is 0 Å². The van der Waals surface area contributed by atoms with Gasteiger partial charge in [0.1, 0.15) is 5.82 Å². The summed E-state index contributed by atoms with van der Waals surface area (Å²) in [7, 11) is 1.76. The molecular formula is C20H24FN5O. The summed E-state index contributed by atoms with van der Waals surface area (Å²) in [6, 6.07) is 13.9. The summed E-state index contributed by atoms with van der Waals surface area (Å²) in [5.41, 5.74) is 7.83. The molecule has 27 heavy (non-hydrogen) atoms. The van der Waals surface area contributed by atoms with Gasteiger partial charge in [-0.05, 0) is 42.0 Å². The first kappa shape index (κ1) is 18.7. The van der Waals surface area contributed by atoms with E-state index < -0.39 is 5.91 Å². The van der Waals surface area contributed by atoms with Crippen molar-refractivity contribution in [1.82, 2.24) is 10.2 Å². The van der Waals surface area contributed by atoms with E-state index >= 15 is 0 Å². The fourth-order valence-electron chi connectivity index (χ4n) is 3.18. The second-order valence-electron chi connectivity index (χ2n) is 6.42. The van der Waals surface area contributed by atoms with Crippen LogP contribution in [0.15, 0.2) is 53.5 Å². The number of nitrogens with zero attached hydrogens (tertiary/aromatic N) is 3. The zero-order valence-electron chi connectivity index (χ0n) is 15.4. The molecule has 2 aromatic rings. The third-order valence-electron chi connectivity index (χ3n) is 4.64. The van der Waals surface area contributed by atoms with Crippen molar-refractivity contribution in [2.75, 3.05) is 38.1 Å². The number of piperazine rings is 1.